The second kappa shape index (κ2) is 6.86. The average molecular weight is 367 g/mol. The van der Waals surface area contributed by atoms with Crippen LogP contribution in [0.5, 0.6) is 0 Å². The van der Waals surface area contributed by atoms with Crippen LogP contribution >= 0.6 is 0 Å². The summed E-state index contributed by atoms with van der Waals surface area (Å²) in [7, 11) is 0. The molecule has 0 radical (unpaired) electrons. The van der Waals surface area contributed by atoms with Crippen LogP contribution in [-0.4, -0.2) is 39.2 Å². The van der Waals surface area contributed by atoms with E-state index in [2.05, 4.69) is 20.5 Å². The van der Waals surface area contributed by atoms with Crippen molar-refractivity contribution in [1.29, 1.82) is 0 Å². The maximum atomic E-state index is 12.8. The van der Waals surface area contributed by atoms with E-state index in [1.54, 1.807) is 11.0 Å². The molecule has 2 aromatic heterocycles. The maximum absolute atomic E-state index is 12.8. The summed E-state index contributed by atoms with van der Waals surface area (Å²) in [4.78, 5) is 30.4. The summed E-state index contributed by atoms with van der Waals surface area (Å²) in [6.07, 6.45) is 3.39. The van der Waals surface area contributed by atoms with Crippen LogP contribution < -0.4 is 10.9 Å². The maximum Gasteiger partial charge on any atom is 0.336 e. The monoisotopic (exact) mass is 367 g/mol. The van der Waals surface area contributed by atoms with Gasteiger partial charge >= 0.3 is 11.7 Å². The van der Waals surface area contributed by atoms with E-state index in [1.807, 2.05) is 19.9 Å². The third-order valence-corrected chi connectivity index (χ3v) is 5.07. The minimum absolute atomic E-state index is 0.142. The number of aromatic amines is 1. The van der Waals surface area contributed by atoms with Crippen LogP contribution in [0.2, 0.25) is 0 Å². The Hall–Kier alpha value is -3.16. The highest BCUT2D eigenvalue weighted by molar-refractivity contribution is 5.94. The Bertz CT molecular complexity index is 1040. The van der Waals surface area contributed by atoms with E-state index in [4.69, 9.17) is 4.42 Å². The molecule has 8 heteroatoms. The number of aromatic nitrogens is 3. The molecule has 1 atom stereocenters. The summed E-state index contributed by atoms with van der Waals surface area (Å²) >= 11 is 0. The van der Waals surface area contributed by atoms with Crippen molar-refractivity contribution in [2.24, 2.45) is 0 Å². The Morgan fingerprint density at radius 3 is 2.93 bits per heavy atom. The largest absolute Gasteiger partial charge is 0.423 e. The van der Waals surface area contributed by atoms with Crippen molar-refractivity contribution in [3.8, 4) is 0 Å². The SMILES string of the molecule is Cc1cc2oc(=O)cc(C)c2cc1NC(=O)N1CCC[C@H](c2ncn[nH]2)C1. The van der Waals surface area contributed by atoms with Crippen LogP contribution in [0.4, 0.5) is 10.5 Å². The van der Waals surface area contributed by atoms with Crippen molar-refractivity contribution in [2.45, 2.75) is 32.6 Å². The molecule has 4 rings (SSSR count). The van der Waals surface area contributed by atoms with Gasteiger partial charge in [-0.3, -0.25) is 5.10 Å². The number of aryl methyl sites for hydroxylation is 2. The van der Waals surface area contributed by atoms with Gasteiger partial charge in [-0.2, -0.15) is 5.10 Å². The third kappa shape index (κ3) is 3.42. The van der Waals surface area contributed by atoms with Gasteiger partial charge < -0.3 is 14.6 Å². The molecule has 0 bridgehead atoms. The Labute approximate surface area is 155 Å². The number of nitrogens with zero attached hydrogens (tertiary/aromatic N) is 3. The Morgan fingerprint density at radius 2 is 2.15 bits per heavy atom. The van der Waals surface area contributed by atoms with Crippen molar-refractivity contribution in [3.05, 3.63) is 51.9 Å². The summed E-state index contributed by atoms with van der Waals surface area (Å²) in [6.45, 7) is 5.04. The van der Waals surface area contributed by atoms with Crippen molar-refractivity contribution in [2.75, 3.05) is 18.4 Å². The van der Waals surface area contributed by atoms with Gasteiger partial charge in [0, 0.05) is 36.1 Å². The molecule has 0 saturated carbocycles. The molecule has 8 nitrogen and oxygen atoms in total. The van der Waals surface area contributed by atoms with E-state index < -0.39 is 0 Å². The zero-order chi connectivity index (χ0) is 19.0. The normalized spacial score (nSPS) is 17.3. The van der Waals surface area contributed by atoms with Crippen LogP contribution in [-0.2, 0) is 0 Å². The molecule has 1 aliphatic heterocycles. The first-order valence-electron chi connectivity index (χ1n) is 8.97. The lowest BCUT2D eigenvalue weighted by atomic mass is 9.98. The first-order chi connectivity index (χ1) is 13.0. The number of rotatable bonds is 2. The topological polar surface area (TPSA) is 104 Å². The molecule has 2 N–H and O–H groups in total. The highest BCUT2D eigenvalue weighted by atomic mass is 16.4. The molecule has 2 amide bonds. The first-order valence-corrected chi connectivity index (χ1v) is 8.97. The summed E-state index contributed by atoms with van der Waals surface area (Å²) in [5, 5.41) is 10.6. The number of hydrogen-bond donors (Lipinski definition) is 2. The van der Waals surface area contributed by atoms with Crippen molar-refractivity contribution in [1.82, 2.24) is 20.1 Å². The number of likely N-dealkylation sites (tertiary alicyclic amines) is 1. The molecular weight excluding hydrogens is 346 g/mol. The fourth-order valence-corrected chi connectivity index (χ4v) is 3.59. The van der Waals surface area contributed by atoms with Gasteiger partial charge in [-0.25, -0.2) is 14.6 Å². The lowest BCUT2D eigenvalue weighted by Gasteiger charge is -2.31. The number of urea groups is 1. The lowest BCUT2D eigenvalue weighted by Crippen LogP contribution is -2.42. The molecule has 3 aromatic rings. The number of benzene rings is 1. The number of fused-ring (bicyclic) bond motifs is 1. The van der Waals surface area contributed by atoms with Gasteiger partial charge in [0.15, 0.2) is 0 Å². The van der Waals surface area contributed by atoms with Gasteiger partial charge in [0.25, 0.3) is 0 Å². The fraction of sp³-hybridized carbons (Fsp3) is 0.368. The number of H-pyrrole nitrogens is 1. The molecule has 27 heavy (non-hydrogen) atoms. The Kier molecular flexibility index (Phi) is 4.39. The molecule has 1 fully saturated rings. The van der Waals surface area contributed by atoms with Gasteiger partial charge in [-0.15, -0.1) is 0 Å². The average Bonchev–Trinajstić information content (AvgIpc) is 3.17. The minimum atomic E-state index is -0.372. The summed E-state index contributed by atoms with van der Waals surface area (Å²) in [6, 6.07) is 4.96. The van der Waals surface area contributed by atoms with E-state index in [1.165, 1.54) is 12.4 Å². The van der Waals surface area contributed by atoms with Crippen LogP contribution in [0, 0.1) is 13.8 Å². The van der Waals surface area contributed by atoms with E-state index in [0.717, 1.165) is 35.2 Å². The predicted molar refractivity (Wildman–Crippen MR) is 101 cm³/mol. The molecule has 0 unspecified atom stereocenters. The van der Waals surface area contributed by atoms with Crippen LogP contribution in [0.3, 0.4) is 0 Å². The molecule has 0 spiro atoms. The van der Waals surface area contributed by atoms with Gasteiger partial charge in [0.2, 0.25) is 0 Å². The third-order valence-electron chi connectivity index (χ3n) is 5.07. The molecule has 1 saturated heterocycles. The van der Waals surface area contributed by atoms with Crippen molar-refractivity contribution in [3.63, 3.8) is 0 Å². The number of piperidine rings is 1. The molecule has 140 valence electrons. The minimum Gasteiger partial charge on any atom is -0.423 e. The highest BCUT2D eigenvalue weighted by Gasteiger charge is 2.26. The number of hydrogen-bond acceptors (Lipinski definition) is 5. The molecular formula is C19H21N5O3. The lowest BCUT2D eigenvalue weighted by molar-refractivity contribution is 0.191. The van der Waals surface area contributed by atoms with E-state index >= 15 is 0 Å². The predicted octanol–water partition coefficient (Wildman–Crippen LogP) is 2.94. The summed E-state index contributed by atoms with van der Waals surface area (Å²) in [5.74, 6) is 0.987. The second-order valence-electron chi connectivity index (χ2n) is 7.00. The zero-order valence-electron chi connectivity index (χ0n) is 15.3. The van der Waals surface area contributed by atoms with Gasteiger partial charge in [0.1, 0.15) is 17.7 Å². The zero-order valence-corrected chi connectivity index (χ0v) is 15.3. The van der Waals surface area contributed by atoms with E-state index in [-0.39, 0.29) is 17.6 Å². The Morgan fingerprint density at radius 1 is 1.30 bits per heavy atom. The van der Waals surface area contributed by atoms with Gasteiger partial charge in [0.05, 0.1) is 0 Å². The first kappa shape index (κ1) is 17.3. The number of carbonyl (C=O) groups excluding carboxylic acids is 1. The standard InChI is InChI=1S/C19H21N5O3/c1-11-7-17(25)27-16-6-12(2)15(8-14(11)16)22-19(26)24-5-3-4-13(9-24)18-20-10-21-23-18/h6-8,10,13H,3-5,9H2,1-2H3,(H,22,26)(H,20,21,23)/t13-/m0/s1. The van der Waals surface area contributed by atoms with E-state index in [0.29, 0.717) is 24.4 Å². The summed E-state index contributed by atoms with van der Waals surface area (Å²) in [5.41, 5.74) is 2.53. The second-order valence-corrected chi connectivity index (χ2v) is 7.00. The molecule has 1 aliphatic rings. The Balaban J connectivity index is 1.55. The number of anilines is 1. The van der Waals surface area contributed by atoms with E-state index in [9.17, 15) is 9.59 Å². The molecule has 1 aromatic carbocycles. The summed E-state index contributed by atoms with van der Waals surface area (Å²) < 4.78 is 5.26. The smallest absolute Gasteiger partial charge is 0.336 e. The van der Waals surface area contributed by atoms with Crippen molar-refractivity contribution >= 4 is 22.7 Å². The molecule has 0 aliphatic carbocycles. The van der Waals surface area contributed by atoms with Gasteiger partial charge in [-0.05, 0) is 49.9 Å². The van der Waals surface area contributed by atoms with Crippen LogP contribution in [0.25, 0.3) is 11.0 Å². The number of nitrogens with one attached hydrogen (secondary N) is 2. The fourth-order valence-electron chi connectivity index (χ4n) is 3.59. The van der Waals surface area contributed by atoms with Crippen LogP contribution in [0.1, 0.15) is 35.7 Å². The van der Waals surface area contributed by atoms with Crippen molar-refractivity contribution < 1.29 is 9.21 Å². The highest BCUT2D eigenvalue weighted by Crippen LogP contribution is 2.27. The van der Waals surface area contributed by atoms with Crippen LogP contribution in [0.15, 0.2) is 33.7 Å². The molecule has 3 heterocycles. The number of carbonyl (C=O) groups is 1. The quantitative estimate of drug-likeness (QED) is 0.678. The number of amides is 2. The van der Waals surface area contributed by atoms with Gasteiger partial charge in [-0.1, -0.05) is 0 Å².